The van der Waals surface area contributed by atoms with Gasteiger partial charge in [0.05, 0.1) is 11.3 Å². The summed E-state index contributed by atoms with van der Waals surface area (Å²) in [6, 6.07) is 12.3. The number of hydrogen-bond acceptors (Lipinski definition) is 2. The van der Waals surface area contributed by atoms with Crippen LogP contribution in [0.2, 0.25) is 0 Å². The second kappa shape index (κ2) is 5.70. The Bertz CT molecular complexity index is 997. The van der Waals surface area contributed by atoms with Crippen molar-refractivity contribution in [1.82, 2.24) is 0 Å². The number of allylic oxidation sites excluding steroid dienone is 1. The second-order valence-corrected chi connectivity index (χ2v) is 6.88. The predicted molar refractivity (Wildman–Crippen MR) is 102 cm³/mol. The minimum atomic E-state index is -0.582. The van der Waals surface area contributed by atoms with Crippen LogP contribution in [-0.4, -0.2) is 11.5 Å². The fourth-order valence-electron chi connectivity index (χ4n) is 3.41. The van der Waals surface area contributed by atoms with E-state index in [9.17, 15) is 9.18 Å². The molecule has 4 rings (SSSR count). The summed E-state index contributed by atoms with van der Waals surface area (Å²) in [7, 11) is 0. The summed E-state index contributed by atoms with van der Waals surface area (Å²) in [5.74, 6) is -0.168. The number of hydrogen-bond donors (Lipinski definition) is 1. The van der Waals surface area contributed by atoms with Crippen molar-refractivity contribution in [3.8, 4) is 0 Å². The van der Waals surface area contributed by atoms with E-state index in [-0.39, 0.29) is 11.7 Å². The van der Waals surface area contributed by atoms with Crippen molar-refractivity contribution in [2.45, 2.75) is 19.4 Å². The molecule has 2 aliphatic heterocycles. The van der Waals surface area contributed by atoms with E-state index >= 15 is 0 Å². The zero-order valence-corrected chi connectivity index (χ0v) is 14.6. The Kier molecular flexibility index (Phi) is 3.58. The highest BCUT2D eigenvalue weighted by Crippen LogP contribution is 2.44. The van der Waals surface area contributed by atoms with E-state index in [1.165, 1.54) is 12.1 Å². The molecular weight excluding hydrogens is 329 g/mol. The minimum absolute atomic E-state index is 0.282. The first-order valence-electron chi connectivity index (χ1n) is 8.39. The Morgan fingerprint density at radius 1 is 1.15 bits per heavy atom. The number of halogens is 1. The van der Waals surface area contributed by atoms with E-state index in [1.54, 1.807) is 12.1 Å². The van der Waals surface area contributed by atoms with Crippen molar-refractivity contribution in [2.75, 3.05) is 5.32 Å². The summed E-state index contributed by atoms with van der Waals surface area (Å²) in [5, 5.41) is 2.71. The van der Waals surface area contributed by atoms with Crippen LogP contribution >= 0.6 is 0 Å². The van der Waals surface area contributed by atoms with E-state index in [0.29, 0.717) is 22.6 Å². The van der Waals surface area contributed by atoms with Crippen molar-refractivity contribution in [3.63, 3.8) is 0 Å². The average Bonchev–Trinajstić information content (AvgIpc) is 3.09. The lowest BCUT2D eigenvalue weighted by Crippen LogP contribution is -2.21. The maximum atomic E-state index is 13.4. The fraction of sp³-hybridized carbons (Fsp3) is 0.136. The number of anilines is 1. The van der Waals surface area contributed by atoms with E-state index in [1.807, 2.05) is 44.2 Å². The van der Waals surface area contributed by atoms with Crippen molar-refractivity contribution < 1.29 is 13.9 Å². The van der Waals surface area contributed by atoms with Crippen LogP contribution < -0.4 is 5.32 Å². The molecule has 0 atom stereocenters. The number of carbonyl (C=O) groups excluding carboxylic acids is 1. The molecule has 0 radical (unpaired) electrons. The molecule has 0 saturated heterocycles. The van der Waals surface area contributed by atoms with E-state index in [4.69, 9.17) is 4.74 Å². The molecule has 0 fully saturated rings. The number of carbonyl (C=O) groups is 1. The molecule has 1 N–H and O–H groups in total. The highest BCUT2D eigenvalue weighted by atomic mass is 19.1. The third kappa shape index (κ3) is 2.54. The largest absolute Gasteiger partial charge is 0.482 e. The van der Waals surface area contributed by atoms with Gasteiger partial charge in [-0.2, -0.15) is 0 Å². The molecule has 0 unspecified atom stereocenters. The van der Waals surface area contributed by atoms with Crippen LogP contribution in [0.3, 0.4) is 0 Å². The molecule has 0 saturated carbocycles. The van der Waals surface area contributed by atoms with Crippen LogP contribution in [0.15, 0.2) is 60.9 Å². The van der Waals surface area contributed by atoms with Gasteiger partial charge < -0.3 is 10.1 Å². The highest BCUT2D eigenvalue weighted by Gasteiger charge is 2.37. The van der Waals surface area contributed by atoms with Crippen LogP contribution in [0.25, 0.3) is 17.2 Å². The smallest absolute Gasteiger partial charge is 0.260 e. The van der Waals surface area contributed by atoms with Crippen molar-refractivity contribution in [3.05, 3.63) is 83.4 Å². The maximum absolute atomic E-state index is 13.4. The quantitative estimate of drug-likeness (QED) is 0.774. The molecule has 2 heterocycles. The van der Waals surface area contributed by atoms with Gasteiger partial charge in [-0.15, -0.1) is 0 Å². The Hall–Kier alpha value is -3.14. The van der Waals surface area contributed by atoms with E-state index < -0.39 is 5.60 Å². The Morgan fingerprint density at radius 2 is 1.88 bits per heavy atom. The topological polar surface area (TPSA) is 38.3 Å². The molecule has 0 bridgehead atoms. The van der Waals surface area contributed by atoms with Crippen molar-refractivity contribution >= 4 is 28.8 Å². The van der Waals surface area contributed by atoms with Crippen LogP contribution in [-0.2, 0) is 9.53 Å². The highest BCUT2D eigenvalue weighted by molar-refractivity contribution is 6.32. The van der Waals surface area contributed by atoms with Gasteiger partial charge in [-0.1, -0.05) is 36.9 Å². The number of amides is 1. The SMILES string of the molecule is C=Cc1ccc(C2=CC(=C3C(=O)Nc4cc(F)ccc43)OC2(C)C)cc1. The van der Waals surface area contributed by atoms with Crippen molar-refractivity contribution in [2.24, 2.45) is 0 Å². The summed E-state index contributed by atoms with van der Waals surface area (Å²) in [6.07, 6.45) is 3.69. The lowest BCUT2D eigenvalue weighted by Gasteiger charge is -2.23. The van der Waals surface area contributed by atoms with Gasteiger partial charge in [0.2, 0.25) is 0 Å². The van der Waals surface area contributed by atoms with Crippen molar-refractivity contribution in [1.29, 1.82) is 0 Å². The molecule has 2 aliphatic rings. The molecule has 2 aromatic rings. The monoisotopic (exact) mass is 347 g/mol. The Morgan fingerprint density at radius 3 is 2.58 bits per heavy atom. The number of benzene rings is 2. The first kappa shape index (κ1) is 16.3. The average molecular weight is 347 g/mol. The molecule has 2 aromatic carbocycles. The van der Waals surface area contributed by atoms with Gasteiger partial charge in [0.25, 0.3) is 5.91 Å². The van der Waals surface area contributed by atoms with Crippen LogP contribution in [0.1, 0.15) is 30.5 Å². The second-order valence-electron chi connectivity index (χ2n) is 6.88. The fourth-order valence-corrected chi connectivity index (χ4v) is 3.41. The number of rotatable bonds is 2. The third-order valence-corrected chi connectivity index (χ3v) is 4.72. The Balaban J connectivity index is 1.84. The van der Waals surface area contributed by atoms with Gasteiger partial charge in [0, 0.05) is 11.1 Å². The first-order valence-corrected chi connectivity index (χ1v) is 8.39. The lowest BCUT2D eigenvalue weighted by molar-refractivity contribution is -0.111. The number of nitrogens with one attached hydrogen (secondary N) is 1. The van der Waals surface area contributed by atoms with Crippen LogP contribution in [0, 0.1) is 5.82 Å². The summed E-state index contributed by atoms with van der Waals surface area (Å²) < 4.78 is 19.6. The van der Waals surface area contributed by atoms with Gasteiger partial charge in [-0.05, 0) is 49.2 Å². The molecule has 130 valence electrons. The molecule has 0 spiro atoms. The maximum Gasteiger partial charge on any atom is 0.260 e. The number of ether oxygens (including phenoxy) is 1. The van der Waals surface area contributed by atoms with E-state index in [2.05, 4.69) is 11.9 Å². The van der Waals surface area contributed by atoms with Gasteiger partial charge in [-0.25, -0.2) is 4.39 Å². The molecule has 0 aliphatic carbocycles. The van der Waals surface area contributed by atoms with Gasteiger partial charge in [-0.3, -0.25) is 4.79 Å². The lowest BCUT2D eigenvalue weighted by atomic mass is 9.91. The summed E-state index contributed by atoms with van der Waals surface area (Å²) in [4.78, 5) is 12.5. The van der Waals surface area contributed by atoms with Gasteiger partial charge in [0.15, 0.2) is 0 Å². The normalized spacial score (nSPS) is 20.3. The predicted octanol–water partition coefficient (Wildman–Crippen LogP) is 5.02. The summed E-state index contributed by atoms with van der Waals surface area (Å²) in [5.41, 5.74) is 4.02. The number of fused-ring (bicyclic) bond motifs is 1. The van der Waals surface area contributed by atoms with E-state index in [0.717, 1.165) is 16.7 Å². The molecule has 3 nitrogen and oxygen atoms in total. The standard InChI is InChI=1S/C22H18FNO2/c1-4-13-5-7-14(8-6-13)17-12-19(26-22(17,2)3)20-16-10-9-15(23)11-18(16)24-21(20)25/h4-12H,1H2,2-3H3,(H,24,25). The molecule has 1 amide bonds. The molecule has 4 heteroatoms. The minimum Gasteiger partial charge on any atom is -0.482 e. The zero-order valence-electron chi connectivity index (χ0n) is 14.6. The van der Waals surface area contributed by atoms with Crippen LogP contribution in [0.4, 0.5) is 10.1 Å². The first-order chi connectivity index (χ1) is 12.4. The van der Waals surface area contributed by atoms with Gasteiger partial charge in [0.1, 0.15) is 17.2 Å². The van der Waals surface area contributed by atoms with Crippen LogP contribution in [0.5, 0.6) is 0 Å². The third-order valence-electron chi connectivity index (χ3n) is 4.72. The zero-order chi connectivity index (χ0) is 18.5. The molecule has 0 aromatic heterocycles. The summed E-state index contributed by atoms with van der Waals surface area (Å²) >= 11 is 0. The Labute approximate surface area is 151 Å². The molecule has 26 heavy (non-hydrogen) atoms. The summed E-state index contributed by atoms with van der Waals surface area (Å²) in [6.45, 7) is 7.70. The molecular formula is C22H18FNO2. The van der Waals surface area contributed by atoms with Gasteiger partial charge >= 0.3 is 0 Å².